The number of carbonyl (C=O) groups is 2. The van der Waals surface area contributed by atoms with E-state index in [2.05, 4.69) is 0 Å². The molecule has 37 heavy (non-hydrogen) atoms. The largest absolute Gasteiger partial charge is 0.504 e. The maximum Gasteiger partial charge on any atom is 0.345 e. The van der Waals surface area contributed by atoms with Crippen LogP contribution in [0.25, 0.3) is 18.2 Å². The number of rotatable bonds is 8. The highest BCUT2D eigenvalue weighted by Crippen LogP contribution is 2.36. The highest BCUT2D eigenvalue weighted by Gasteiger charge is 2.23. The molecule has 1 unspecified atom stereocenters. The van der Waals surface area contributed by atoms with Crippen molar-refractivity contribution in [1.82, 2.24) is 0 Å². The summed E-state index contributed by atoms with van der Waals surface area (Å²) in [5.74, 6) is -6.28. The standard InChI is InChI=1S/C26H22O11/c27-17-5-2-13(7-18(17)28)1-3-15-11-19(29)20(30)12-16(15)4-6-24(33)37-23(26(35)36)10-14-8-21(31)25(34)22(32)9-14/h1-9,11-12,23,27-32,34H,10H2,(H,35,36). The summed E-state index contributed by atoms with van der Waals surface area (Å²) in [7, 11) is 0. The van der Waals surface area contributed by atoms with Gasteiger partial charge in [-0.25, -0.2) is 9.59 Å². The van der Waals surface area contributed by atoms with Crippen LogP contribution >= 0.6 is 0 Å². The number of phenolic OH excluding ortho intramolecular Hbond substituents is 7. The smallest absolute Gasteiger partial charge is 0.345 e. The first kappa shape index (κ1) is 26.3. The highest BCUT2D eigenvalue weighted by molar-refractivity contribution is 5.90. The lowest BCUT2D eigenvalue weighted by molar-refractivity contribution is -0.160. The summed E-state index contributed by atoms with van der Waals surface area (Å²) >= 11 is 0. The molecular weight excluding hydrogens is 488 g/mol. The van der Waals surface area contributed by atoms with E-state index >= 15 is 0 Å². The van der Waals surface area contributed by atoms with Gasteiger partial charge in [0.05, 0.1) is 0 Å². The number of carboxylic acid groups (broad SMARTS) is 1. The third kappa shape index (κ3) is 6.63. The van der Waals surface area contributed by atoms with Gasteiger partial charge in [0.2, 0.25) is 6.10 Å². The van der Waals surface area contributed by atoms with Gasteiger partial charge in [-0.05, 0) is 64.7 Å². The molecule has 0 fully saturated rings. The fourth-order valence-electron chi connectivity index (χ4n) is 3.24. The second-order valence-electron chi connectivity index (χ2n) is 7.84. The Labute approximate surface area is 209 Å². The lowest BCUT2D eigenvalue weighted by Crippen LogP contribution is -2.28. The number of esters is 1. The number of aliphatic carboxylic acids is 1. The Balaban J connectivity index is 1.80. The first-order valence-electron chi connectivity index (χ1n) is 10.6. The number of hydrogen-bond donors (Lipinski definition) is 8. The Morgan fingerprint density at radius 3 is 1.84 bits per heavy atom. The SMILES string of the molecule is O=C(C=Cc1cc(O)c(O)cc1C=Cc1ccc(O)c(O)c1)OC(Cc1cc(O)c(O)c(O)c1)C(=O)O. The molecule has 3 rings (SSSR count). The van der Waals surface area contributed by atoms with Gasteiger partial charge in [0, 0.05) is 12.5 Å². The Morgan fingerprint density at radius 2 is 1.27 bits per heavy atom. The fraction of sp³-hybridized carbons (Fsp3) is 0.0769. The van der Waals surface area contributed by atoms with E-state index in [0.29, 0.717) is 11.1 Å². The Morgan fingerprint density at radius 1 is 0.703 bits per heavy atom. The molecule has 192 valence electrons. The van der Waals surface area contributed by atoms with Crippen LogP contribution < -0.4 is 0 Å². The first-order chi connectivity index (χ1) is 17.4. The highest BCUT2D eigenvalue weighted by atomic mass is 16.6. The van der Waals surface area contributed by atoms with Crippen molar-refractivity contribution in [2.24, 2.45) is 0 Å². The van der Waals surface area contributed by atoms with E-state index in [-0.39, 0.29) is 22.6 Å². The Hall–Kier alpha value is -5.32. The van der Waals surface area contributed by atoms with Gasteiger partial charge in [0.1, 0.15) is 0 Å². The van der Waals surface area contributed by atoms with E-state index in [4.69, 9.17) is 4.74 Å². The van der Waals surface area contributed by atoms with E-state index in [1.165, 1.54) is 42.5 Å². The van der Waals surface area contributed by atoms with Crippen LogP contribution in [-0.4, -0.2) is 58.9 Å². The van der Waals surface area contributed by atoms with Gasteiger partial charge >= 0.3 is 11.9 Å². The van der Waals surface area contributed by atoms with Gasteiger partial charge in [0.15, 0.2) is 40.2 Å². The predicted octanol–water partition coefficient (Wildman–Crippen LogP) is 3.05. The van der Waals surface area contributed by atoms with Gasteiger partial charge in [-0.1, -0.05) is 18.2 Å². The third-order valence-electron chi connectivity index (χ3n) is 5.12. The lowest BCUT2D eigenvalue weighted by Gasteiger charge is -2.13. The van der Waals surface area contributed by atoms with Crippen molar-refractivity contribution >= 4 is 30.2 Å². The molecule has 3 aromatic carbocycles. The number of phenols is 7. The summed E-state index contributed by atoms with van der Waals surface area (Å²) in [6, 6.07) is 8.47. The molecular formula is C26H22O11. The molecule has 11 nitrogen and oxygen atoms in total. The van der Waals surface area contributed by atoms with Crippen LogP contribution in [0.3, 0.4) is 0 Å². The molecule has 0 aromatic heterocycles. The van der Waals surface area contributed by atoms with Gasteiger partial charge in [-0.3, -0.25) is 0 Å². The monoisotopic (exact) mass is 510 g/mol. The van der Waals surface area contributed by atoms with E-state index in [0.717, 1.165) is 24.3 Å². The average Bonchev–Trinajstić information content (AvgIpc) is 2.83. The van der Waals surface area contributed by atoms with Gasteiger partial charge in [-0.2, -0.15) is 0 Å². The zero-order valence-electron chi connectivity index (χ0n) is 18.9. The number of carboxylic acids is 1. The number of hydrogen-bond acceptors (Lipinski definition) is 10. The molecule has 0 bridgehead atoms. The second kappa shape index (κ2) is 11.0. The van der Waals surface area contributed by atoms with Crippen molar-refractivity contribution in [3.63, 3.8) is 0 Å². The van der Waals surface area contributed by atoms with E-state index in [9.17, 15) is 50.4 Å². The van der Waals surface area contributed by atoms with Crippen molar-refractivity contribution in [2.45, 2.75) is 12.5 Å². The molecule has 0 saturated heterocycles. The average molecular weight is 510 g/mol. The minimum Gasteiger partial charge on any atom is -0.504 e. The maximum atomic E-state index is 12.3. The third-order valence-corrected chi connectivity index (χ3v) is 5.12. The fourth-order valence-corrected chi connectivity index (χ4v) is 3.24. The van der Waals surface area contributed by atoms with Gasteiger partial charge < -0.3 is 45.6 Å². The maximum absolute atomic E-state index is 12.3. The van der Waals surface area contributed by atoms with Crippen molar-refractivity contribution in [1.29, 1.82) is 0 Å². The molecule has 0 saturated carbocycles. The van der Waals surface area contributed by atoms with E-state index in [1.807, 2.05) is 0 Å². The van der Waals surface area contributed by atoms with Gasteiger partial charge in [0.25, 0.3) is 0 Å². The van der Waals surface area contributed by atoms with Crippen LogP contribution in [0.15, 0.2) is 48.5 Å². The molecule has 0 heterocycles. The number of ether oxygens (including phenoxy) is 1. The molecule has 3 aromatic rings. The zero-order valence-corrected chi connectivity index (χ0v) is 18.9. The van der Waals surface area contributed by atoms with Crippen molar-refractivity contribution in [2.75, 3.05) is 0 Å². The van der Waals surface area contributed by atoms with E-state index < -0.39 is 53.2 Å². The van der Waals surface area contributed by atoms with E-state index in [1.54, 1.807) is 0 Å². The molecule has 0 aliphatic carbocycles. The number of aromatic hydroxyl groups is 7. The second-order valence-corrected chi connectivity index (χ2v) is 7.84. The number of benzene rings is 3. The molecule has 0 radical (unpaired) electrons. The summed E-state index contributed by atoms with van der Waals surface area (Å²) in [5, 5.41) is 76.8. The summed E-state index contributed by atoms with van der Waals surface area (Å²) in [5.41, 5.74) is 1.14. The normalized spacial score (nSPS) is 12.1. The zero-order chi connectivity index (χ0) is 27.3. The molecule has 8 N–H and O–H groups in total. The van der Waals surface area contributed by atoms with Crippen molar-refractivity contribution < 1.29 is 55.2 Å². The topological polar surface area (TPSA) is 205 Å². The summed E-state index contributed by atoms with van der Waals surface area (Å²) in [6.07, 6.45) is 3.02. The molecule has 0 aliphatic rings. The van der Waals surface area contributed by atoms with Crippen LogP contribution in [0, 0.1) is 0 Å². The number of carbonyl (C=O) groups excluding carboxylic acids is 1. The Bertz CT molecular complexity index is 1380. The summed E-state index contributed by atoms with van der Waals surface area (Å²) in [4.78, 5) is 23.9. The van der Waals surface area contributed by atoms with Crippen LogP contribution in [0.4, 0.5) is 0 Å². The molecule has 0 spiro atoms. The van der Waals surface area contributed by atoms with Crippen LogP contribution in [-0.2, 0) is 20.7 Å². The van der Waals surface area contributed by atoms with Crippen LogP contribution in [0.1, 0.15) is 22.3 Å². The van der Waals surface area contributed by atoms with Crippen molar-refractivity contribution in [3.8, 4) is 40.2 Å². The summed E-state index contributed by atoms with van der Waals surface area (Å²) < 4.78 is 4.96. The van der Waals surface area contributed by atoms with Crippen LogP contribution in [0.5, 0.6) is 40.2 Å². The first-order valence-corrected chi connectivity index (χ1v) is 10.6. The van der Waals surface area contributed by atoms with Crippen LogP contribution in [0.2, 0.25) is 0 Å². The predicted molar refractivity (Wildman–Crippen MR) is 130 cm³/mol. The summed E-state index contributed by atoms with van der Waals surface area (Å²) in [6.45, 7) is 0. The molecule has 0 aliphatic heterocycles. The van der Waals surface area contributed by atoms with Gasteiger partial charge in [-0.15, -0.1) is 0 Å². The molecule has 1 atom stereocenters. The molecule has 0 amide bonds. The quantitative estimate of drug-likeness (QED) is 0.0956. The minimum atomic E-state index is -1.70. The lowest BCUT2D eigenvalue weighted by atomic mass is 10.0. The Kier molecular flexibility index (Phi) is 7.78. The minimum absolute atomic E-state index is 0.0770. The van der Waals surface area contributed by atoms with Crippen molar-refractivity contribution in [3.05, 3.63) is 70.8 Å². The molecule has 11 heteroatoms.